The number of benzene rings is 1. The van der Waals surface area contributed by atoms with Crippen molar-refractivity contribution >= 4 is 21.7 Å². The average molecular weight is 324 g/mol. The Morgan fingerprint density at radius 2 is 2.00 bits per heavy atom. The van der Waals surface area contributed by atoms with E-state index in [0.717, 1.165) is 18.5 Å². The van der Waals surface area contributed by atoms with E-state index < -0.39 is 10.0 Å². The van der Waals surface area contributed by atoms with Gasteiger partial charge < -0.3 is 10.2 Å². The van der Waals surface area contributed by atoms with Gasteiger partial charge in [0.05, 0.1) is 5.69 Å². The van der Waals surface area contributed by atoms with Gasteiger partial charge in [-0.05, 0) is 50.7 Å². The molecule has 0 bridgehead atoms. The van der Waals surface area contributed by atoms with Crippen LogP contribution in [0.4, 0.5) is 5.69 Å². The molecule has 0 aliphatic carbocycles. The van der Waals surface area contributed by atoms with Crippen molar-refractivity contribution in [2.75, 3.05) is 32.5 Å². The van der Waals surface area contributed by atoms with E-state index in [1.54, 1.807) is 12.1 Å². The van der Waals surface area contributed by atoms with Gasteiger partial charge in [-0.2, -0.15) is 0 Å². The molecule has 0 radical (unpaired) electrons. The van der Waals surface area contributed by atoms with Crippen molar-refractivity contribution in [2.24, 2.45) is 4.99 Å². The fourth-order valence-corrected chi connectivity index (χ4v) is 3.39. The van der Waals surface area contributed by atoms with Gasteiger partial charge in [-0.1, -0.05) is 19.9 Å². The van der Waals surface area contributed by atoms with Crippen LogP contribution in [-0.2, 0) is 10.0 Å². The van der Waals surface area contributed by atoms with Gasteiger partial charge in [-0.25, -0.2) is 13.1 Å². The Balaban J connectivity index is 2.19. The first-order valence-corrected chi connectivity index (χ1v) is 8.91. The highest BCUT2D eigenvalue weighted by Crippen LogP contribution is 2.28. The largest absolute Gasteiger partial charge is 0.324 e. The van der Waals surface area contributed by atoms with E-state index in [2.05, 4.69) is 19.9 Å². The van der Waals surface area contributed by atoms with Crippen LogP contribution in [-0.4, -0.2) is 46.5 Å². The summed E-state index contributed by atoms with van der Waals surface area (Å²) in [6.45, 7) is 5.56. The Labute approximate surface area is 132 Å². The molecule has 0 unspecified atom stereocenters. The molecule has 22 heavy (non-hydrogen) atoms. The van der Waals surface area contributed by atoms with Gasteiger partial charge in [0.2, 0.25) is 5.96 Å². The number of guanidine groups is 1. The second-order valence-corrected chi connectivity index (χ2v) is 7.68. The molecule has 0 fully saturated rings. The zero-order valence-electron chi connectivity index (χ0n) is 13.5. The molecule has 1 aromatic rings. The molecule has 0 aromatic heterocycles. The first-order chi connectivity index (χ1) is 10.3. The van der Waals surface area contributed by atoms with Crippen molar-refractivity contribution in [2.45, 2.75) is 31.1 Å². The minimum absolute atomic E-state index is 0.279. The van der Waals surface area contributed by atoms with Crippen molar-refractivity contribution in [1.29, 1.82) is 0 Å². The Kier molecular flexibility index (Phi) is 5.08. The van der Waals surface area contributed by atoms with E-state index in [4.69, 9.17) is 0 Å². The third-order valence-electron chi connectivity index (χ3n) is 3.48. The van der Waals surface area contributed by atoms with Crippen LogP contribution in [0.25, 0.3) is 0 Å². The van der Waals surface area contributed by atoms with Crippen LogP contribution in [0.3, 0.4) is 0 Å². The number of nitrogens with one attached hydrogen (secondary N) is 2. The van der Waals surface area contributed by atoms with E-state index in [1.807, 2.05) is 34.0 Å². The average Bonchev–Trinajstić information content (AvgIpc) is 2.42. The van der Waals surface area contributed by atoms with E-state index >= 15 is 0 Å². The fraction of sp³-hybridized carbons (Fsp3) is 0.533. The number of anilines is 1. The fourth-order valence-electron chi connectivity index (χ4n) is 2.21. The number of hydrogen-bond acceptors (Lipinski definition) is 4. The Hall–Kier alpha value is -1.60. The highest BCUT2D eigenvalue weighted by atomic mass is 32.2. The summed E-state index contributed by atoms with van der Waals surface area (Å²) >= 11 is 0. The molecule has 6 nitrogen and oxygen atoms in total. The summed E-state index contributed by atoms with van der Waals surface area (Å²) in [5.74, 6) is 0.574. The molecule has 1 aliphatic rings. The Morgan fingerprint density at radius 1 is 1.27 bits per heavy atom. The van der Waals surface area contributed by atoms with Crippen molar-refractivity contribution in [3.63, 3.8) is 0 Å². The molecule has 0 saturated carbocycles. The second kappa shape index (κ2) is 6.66. The van der Waals surface area contributed by atoms with Crippen molar-refractivity contribution < 1.29 is 8.42 Å². The SMILES string of the molecule is CC(C)c1ccc2c(c1)S(=O)(=O)NC(=NCCCN(C)C)N2. The van der Waals surface area contributed by atoms with Crippen molar-refractivity contribution in [3.8, 4) is 0 Å². The van der Waals surface area contributed by atoms with Crippen LogP contribution in [0.15, 0.2) is 28.1 Å². The lowest BCUT2D eigenvalue weighted by Gasteiger charge is -2.22. The first-order valence-electron chi connectivity index (χ1n) is 7.42. The predicted molar refractivity (Wildman–Crippen MR) is 89.9 cm³/mol. The molecule has 2 rings (SSSR count). The summed E-state index contributed by atoms with van der Waals surface area (Å²) in [6, 6.07) is 5.47. The lowest BCUT2D eigenvalue weighted by Crippen LogP contribution is -2.41. The molecule has 0 spiro atoms. The smallest absolute Gasteiger partial charge is 0.266 e. The summed E-state index contributed by atoms with van der Waals surface area (Å²) < 4.78 is 27.2. The molecular weight excluding hydrogens is 300 g/mol. The van der Waals surface area contributed by atoms with E-state index in [0.29, 0.717) is 18.2 Å². The van der Waals surface area contributed by atoms with Crippen LogP contribution < -0.4 is 10.0 Å². The van der Waals surface area contributed by atoms with Crippen LogP contribution in [0.1, 0.15) is 31.7 Å². The predicted octanol–water partition coefficient (Wildman–Crippen LogP) is 1.82. The molecule has 0 amide bonds. The zero-order chi connectivity index (χ0) is 16.3. The Morgan fingerprint density at radius 3 is 2.64 bits per heavy atom. The summed E-state index contributed by atoms with van der Waals surface area (Å²) in [6.07, 6.45) is 0.874. The van der Waals surface area contributed by atoms with Gasteiger partial charge in [0.25, 0.3) is 10.0 Å². The highest BCUT2D eigenvalue weighted by Gasteiger charge is 2.26. The highest BCUT2D eigenvalue weighted by molar-refractivity contribution is 7.90. The molecular formula is C15H24N4O2S. The molecule has 2 N–H and O–H groups in total. The maximum atomic E-state index is 12.4. The Bertz CT molecular complexity index is 666. The molecule has 1 aromatic carbocycles. The van der Waals surface area contributed by atoms with Crippen LogP contribution >= 0.6 is 0 Å². The maximum absolute atomic E-state index is 12.4. The molecule has 1 aliphatic heterocycles. The number of rotatable bonds is 5. The molecule has 0 saturated heterocycles. The van der Waals surface area contributed by atoms with Crippen LogP contribution in [0.2, 0.25) is 0 Å². The van der Waals surface area contributed by atoms with Crippen molar-refractivity contribution in [3.05, 3.63) is 23.8 Å². The molecule has 122 valence electrons. The quantitative estimate of drug-likeness (QED) is 0.810. The first kappa shape index (κ1) is 16.8. The summed E-state index contributed by atoms with van der Waals surface area (Å²) in [7, 11) is 0.440. The number of fused-ring (bicyclic) bond motifs is 1. The van der Waals surface area contributed by atoms with Gasteiger partial charge in [-0.3, -0.25) is 4.99 Å². The third kappa shape index (κ3) is 3.98. The van der Waals surface area contributed by atoms with E-state index in [-0.39, 0.29) is 10.8 Å². The summed E-state index contributed by atoms with van der Waals surface area (Å²) in [4.78, 5) is 6.65. The number of aliphatic imine (C=N–C) groups is 1. The molecule has 0 atom stereocenters. The standard InChI is InChI=1S/C15H24N4O2S/c1-11(2)12-6-7-13-14(10-12)22(20,21)18-15(17-13)16-8-5-9-19(3)4/h6-7,10-11H,5,8-9H2,1-4H3,(H2,16,17,18). The minimum Gasteiger partial charge on any atom is -0.324 e. The summed E-state index contributed by atoms with van der Waals surface area (Å²) in [5.41, 5.74) is 1.58. The lowest BCUT2D eigenvalue weighted by atomic mass is 10.0. The number of hydrogen-bond donors (Lipinski definition) is 2. The van der Waals surface area contributed by atoms with Crippen molar-refractivity contribution in [1.82, 2.24) is 9.62 Å². The minimum atomic E-state index is -3.55. The lowest BCUT2D eigenvalue weighted by molar-refractivity contribution is 0.403. The summed E-state index contributed by atoms with van der Waals surface area (Å²) in [5, 5.41) is 3.05. The topological polar surface area (TPSA) is 73.8 Å². The second-order valence-electron chi connectivity index (χ2n) is 6.03. The molecule has 7 heteroatoms. The molecule has 1 heterocycles. The monoisotopic (exact) mass is 324 g/mol. The normalized spacial score (nSPS) is 18.2. The van der Waals surface area contributed by atoms with E-state index in [1.165, 1.54) is 0 Å². The third-order valence-corrected chi connectivity index (χ3v) is 4.86. The number of nitrogens with zero attached hydrogens (tertiary/aromatic N) is 2. The maximum Gasteiger partial charge on any atom is 0.266 e. The van der Waals surface area contributed by atoms with Gasteiger partial charge in [0, 0.05) is 6.54 Å². The van der Waals surface area contributed by atoms with Gasteiger partial charge in [-0.15, -0.1) is 0 Å². The van der Waals surface area contributed by atoms with Gasteiger partial charge >= 0.3 is 0 Å². The van der Waals surface area contributed by atoms with Crippen LogP contribution in [0.5, 0.6) is 0 Å². The van der Waals surface area contributed by atoms with E-state index in [9.17, 15) is 8.42 Å². The van der Waals surface area contributed by atoms with Gasteiger partial charge in [0.1, 0.15) is 4.90 Å². The zero-order valence-corrected chi connectivity index (χ0v) is 14.4. The number of sulfonamides is 1. The van der Waals surface area contributed by atoms with Crippen LogP contribution in [0, 0.1) is 0 Å². The van der Waals surface area contributed by atoms with Gasteiger partial charge in [0.15, 0.2) is 0 Å².